The molecule has 0 aliphatic carbocycles. The van der Waals surface area contributed by atoms with Crippen LogP contribution in [0.5, 0.6) is 11.5 Å². The second kappa shape index (κ2) is 5.61. The normalized spacial score (nSPS) is 10.9. The van der Waals surface area contributed by atoms with E-state index >= 15 is 0 Å². The Labute approximate surface area is 102 Å². The first-order chi connectivity index (χ1) is 8.39. The fourth-order valence-corrected chi connectivity index (χ4v) is 1.27. The van der Waals surface area contributed by atoms with Gasteiger partial charge in [-0.2, -0.15) is 13.2 Å². The monoisotopic (exact) mass is 262 g/mol. The lowest BCUT2D eigenvalue weighted by Crippen LogP contribution is -2.34. The molecule has 1 rings (SSSR count). The van der Waals surface area contributed by atoms with E-state index in [-0.39, 0.29) is 17.1 Å². The Balaban J connectivity index is 2.96. The first kappa shape index (κ1) is 14.1. The summed E-state index contributed by atoms with van der Waals surface area (Å²) in [7, 11) is 2.59. The Morgan fingerprint density at radius 3 is 2.17 bits per heavy atom. The molecule has 1 aromatic rings. The number of carbonyl (C=O) groups excluding carboxylic acids is 1. The summed E-state index contributed by atoms with van der Waals surface area (Å²) in [6.07, 6.45) is -4.48. The molecule has 0 saturated carbocycles. The average molecular weight is 262 g/mol. The van der Waals surface area contributed by atoms with Crippen LogP contribution in [0, 0.1) is 6.07 Å². The number of hydrogen-bond acceptors (Lipinski definition) is 3. The molecule has 1 aromatic carbocycles. The van der Waals surface area contributed by atoms with Crippen molar-refractivity contribution in [3.8, 4) is 11.5 Å². The van der Waals surface area contributed by atoms with Crippen LogP contribution < -0.4 is 14.8 Å². The van der Waals surface area contributed by atoms with Gasteiger partial charge in [-0.05, 0) is 18.2 Å². The summed E-state index contributed by atoms with van der Waals surface area (Å²) in [6.45, 7) is -1.42. The lowest BCUT2D eigenvalue weighted by Gasteiger charge is -2.13. The molecule has 18 heavy (non-hydrogen) atoms. The number of amides is 1. The van der Waals surface area contributed by atoms with Crippen molar-refractivity contribution in [1.29, 1.82) is 0 Å². The minimum atomic E-state index is -4.48. The minimum Gasteiger partial charge on any atom is -0.496 e. The Kier molecular flexibility index (Phi) is 4.41. The molecule has 7 heteroatoms. The van der Waals surface area contributed by atoms with Crippen molar-refractivity contribution >= 4 is 5.91 Å². The number of halogens is 3. The smallest absolute Gasteiger partial charge is 0.405 e. The Hall–Kier alpha value is -1.92. The first-order valence-electron chi connectivity index (χ1n) is 4.86. The number of benzene rings is 1. The van der Waals surface area contributed by atoms with E-state index in [1.54, 1.807) is 5.32 Å². The molecular formula is C11H11F3NO3. The van der Waals surface area contributed by atoms with E-state index < -0.39 is 18.6 Å². The van der Waals surface area contributed by atoms with Crippen LogP contribution in [0.3, 0.4) is 0 Å². The predicted molar refractivity (Wildman–Crippen MR) is 56.8 cm³/mol. The summed E-state index contributed by atoms with van der Waals surface area (Å²) in [5, 5.41) is 1.75. The van der Waals surface area contributed by atoms with Crippen molar-refractivity contribution in [2.24, 2.45) is 0 Å². The van der Waals surface area contributed by atoms with Crippen molar-refractivity contribution in [1.82, 2.24) is 5.32 Å². The largest absolute Gasteiger partial charge is 0.496 e. The summed E-state index contributed by atoms with van der Waals surface area (Å²) in [6, 6.07) is 5.32. The van der Waals surface area contributed by atoms with Crippen molar-refractivity contribution in [3.05, 3.63) is 23.8 Å². The maximum Gasteiger partial charge on any atom is 0.405 e. The predicted octanol–water partition coefficient (Wildman–Crippen LogP) is 1.80. The van der Waals surface area contributed by atoms with Crippen LogP contribution in [0.2, 0.25) is 0 Å². The van der Waals surface area contributed by atoms with Gasteiger partial charge in [-0.3, -0.25) is 4.79 Å². The lowest BCUT2D eigenvalue weighted by atomic mass is 10.1. The molecule has 99 valence electrons. The highest BCUT2D eigenvalue weighted by atomic mass is 19.4. The van der Waals surface area contributed by atoms with Crippen LogP contribution >= 0.6 is 0 Å². The van der Waals surface area contributed by atoms with E-state index in [9.17, 15) is 18.0 Å². The molecule has 0 heterocycles. The first-order valence-corrected chi connectivity index (χ1v) is 4.86. The lowest BCUT2D eigenvalue weighted by molar-refractivity contribution is -0.123. The van der Waals surface area contributed by atoms with Crippen LogP contribution in [0.4, 0.5) is 13.2 Å². The number of carbonyl (C=O) groups is 1. The second-order valence-corrected chi connectivity index (χ2v) is 3.26. The molecule has 0 saturated heterocycles. The molecule has 1 radical (unpaired) electrons. The summed E-state index contributed by atoms with van der Waals surface area (Å²) < 4.78 is 45.8. The van der Waals surface area contributed by atoms with Crippen molar-refractivity contribution in [2.45, 2.75) is 6.18 Å². The van der Waals surface area contributed by atoms with E-state index in [1.165, 1.54) is 26.4 Å². The second-order valence-electron chi connectivity index (χ2n) is 3.26. The Morgan fingerprint density at radius 1 is 1.28 bits per heavy atom. The van der Waals surface area contributed by atoms with E-state index in [0.29, 0.717) is 0 Å². The third kappa shape index (κ3) is 3.54. The summed E-state index contributed by atoms with van der Waals surface area (Å²) in [4.78, 5) is 11.7. The number of methoxy groups -OCH3 is 2. The molecule has 0 aromatic heterocycles. The zero-order valence-corrected chi connectivity index (χ0v) is 9.72. The number of ether oxygens (including phenoxy) is 2. The van der Waals surface area contributed by atoms with Crippen molar-refractivity contribution in [3.63, 3.8) is 0 Å². The molecule has 4 nitrogen and oxygen atoms in total. The molecule has 1 amide bonds. The molecule has 0 bridgehead atoms. The Bertz CT molecular complexity index is 410. The fourth-order valence-electron chi connectivity index (χ4n) is 1.27. The standard InChI is InChI=1S/C11H11F3NO3/c1-17-7-4-3-5-8(18-2)9(7)10(16)15-6-11(12,13)14/h4-5H,6H2,1-2H3,(H,15,16). The van der Waals surface area contributed by atoms with E-state index in [2.05, 4.69) is 6.07 Å². The number of rotatable bonds is 4. The molecular weight excluding hydrogens is 251 g/mol. The molecule has 0 fully saturated rings. The van der Waals surface area contributed by atoms with Gasteiger partial charge in [0, 0.05) is 0 Å². The third-order valence-electron chi connectivity index (χ3n) is 2.04. The van der Waals surface area contributed by atoms with E-state index in [4.69, 9.17) is 9.47 Å². The van der Waals surface area contributed by atoms with Gasteiger partial charge in [0.05, 0.1) is 14.2 Å². The van der Waals surface area contributed by atoms with Gasteiger partial charge < -0.3 is 14.8 Å². The summed E-state index contributed by atoms with van der Waals surface area (Å²) >= 11 is 0. The zero-order chi connectivity index (χ0) is 13.8. The minimum absolute atomic E-state index is 0.0917. The molecule has 1 N–H and O–H groups in total. The fraction of sp³-hybridized carbons (Fsp3) is 0.364. The van der Waals surface area contributed by atoms with Crippen LogP contribution in [0.1, 0.15) is 10.4 Å². The topological polar surface area (TPSA) is 47.6 Å². The Morgan fingerprint density at radius 2 is 1.78 bits per heavy atom. The van der Waals surface area contributed by atoms with E-state index in [1.807, 2.05) is 0 Å². The van der Waals surface area contributed by atoms with Gasteiger partial charge in [0.15, 0.2) is 0 Å². The quantitative estimate of drug-likeness (QED) is 0.900. The SMILES string of the molecule is COc1c[c]cc(OC)c1C(=O)NCC(F)(F)F. The molecule has 0 aliphatic rings. The van der Waals surface area contributed by atoms with Crippen LogP contribution in [-0.2, 0) is 0 Å². The van der Waals surface area contributed by atoms with Crippen molar-refractivity contribution < 1.29 is 27.4 Å². The third-order valence-corrected chi connectivity index (χ3v) is 2.04. The highest BCUT2D eigenvalue weighted by Crippen LogP contribution is 2.27. The maximum atomic E-state index is 12.0. The number of hydrogen-bond donors (Lipinski definition) is 1. The number of alkyl halides is 3. The number of nitrogens with one attached hydrogen (secondary N) is 1. The highest BCUT2D eigenvalue weighted by Gasteiger charge is 2.29. The molecule has 0 unspecified atom stereocenters. The average Bonchev–Trinajstić information content (AvgIpc) is 2.33. The van der Waals surface area contributed by atoms with Crippen molar-refractivity contribution in [2.75, 3.05) is 20.8 Å². The van der Waals surface area contributed by atoms with Gasteiger partial charge in [0.25, 0.3) is 5.91 Å². The summed E-state index contributed by atoms with van der Waals surface area (Å²) in [5.41, 5.74) is -0.0944. The maximum absolute atomic E-state index is 12.0. The van der Waals surface area contributed by atoms with Crippen LogP contribution in [0.15, 0.2) is 12.1 Å². The summed E-state index contributed by atoms with van der Waals surface area (Å²) in [5.74, 6) is -0.738. The molecule has 0 atom stereocenters. The van der Waals surface area contributed by atoms with Crippen LogP contribution in [-0.4, -0.2) is 32.8 Å². The van der Waals surface area contributed by atoms with Gasteiger partial charge in [0.2, 0.25) is 0 Å². The van der Waals surface area contributed by atoms with Gasteiger partial charge in [-0.15, -0.1) is 0 Å². The highest BCUT2D eigenvalue weighted by molar-refractivity contribution is 5.99. The van der Waals surface area contributed by atoms with Gasteiger partial charge >= 0.3 is 6.18 Å². The zero-order valence-electron chi connectivity index (χ0n) is 9.72. The van der Waals surface area contributed by atoms with Gasteiger partial charge in [-0.1, -0.05) is 0 Å². The van der Waals surface area contributed by atoms with E-state index in [0.717, 1.165) is 0 Å². The molecule has 0 aliphatic heterocycles. The van der Waals surface area contributed by atoms with Gasteiger partial charge in [-0.25, -0.2) is 0 Å². The van der Waals surface area contributed by atoms with Crippen LogP contribution in [0.25, 0.3) is 0 Å². The molecule has 0 spiro atoms. The van der Waals surface area contributed by atoms with Gasteiger partial charge in [0.1, 0.15) is 23.6 Å².